The number of nitrogens with zero attached hydrogens (tertiary/aromatic N) is 1. The van der Waals surface area contributed by atoms with Crippen LogP contribution in [-0.2, 0) is 0 Å². The molecule has 0 aliphatic heterocycles. The van der Waals surface area contributed by atoms with Gasteiger partial charge in [0, 0.05) is 28.9 Å². The molecule has 0 unspecified atom stereocenters. The van der Waals surface area contributed by atoms with Gasteiger partial charge in [0.2, 0.25) is 0 Å². The van der Waals surface area contributed by atoms with Crippen molar-refractivity contribution in [1.29, 1.82) is 0 Å². The Morgan fingerprint density at radius 1 is 1.32 bits per heavy atom. The number of aliphatic imine (C=N–C) groups is 1. The highest BCUT2D eigenvalue weighted by Gasteiger charge is 2.02. The molecule has 2 rings (SSSR count). The third kappa shape index (κ3) is 3.22. The maximum atomic E-state index is 4.59. The van der Waals surface area contributed by atoms with E-state index in [1.54, 1.807) is 0 Å². The maximum absolute atomic E-state index is 4.59. The zero-order chi connectivity index (χ0) is 13.8. The van der Waals surface area contributed by atoms with E-state index in [1.165, 1.54) is 11.0 Å². The van der Waals surface area contributed by atoms with Gasteiger partial charge in [0.25, 0.3) is 0 Å². The van der Waals surface area contributed by atoms with E-state index in [0.717, 1.165) is 35.5 Å². The molecule has 1 heterocycles. The smallest absolute Gasteiger partial charge is 0.0465 e. The summed E-state index contributed by atoms with van der Waals surface area (Å²) in [6.07, 6.45) is 2.77. The summed E-state index contributed by atoms with van der Waals surface area (Å²) in [7, 11) is 0. The number of H-pyrrole nitrogens is 1. The van der Waals surface area contributed by atoms with E-state index in [9.17, 15) is 0 Å². The minimum absolute atomic E-state index is 0.807. The Bertz CT molecular complexity index is 644. The first kappa shape index (κ1) is 13.3. The van der Waals surface area contributed by atoms with Crippen LogP contribution in [0.3, 0.4) is 0 Å². The average Bonchev–Trinajstić information content (AvgIpc) is 2.79. The standard InChI is InChI=1S/C17H20N2/c1-5-16-10-15-7-6-14(11-17(15)19-16)13(4)18-9-8-12(2)3/h5-7,10-11,19H,1-2,8-9H2,3-4H3. The lowest BCUT2D eigenvalue weighted by molar-refractivity contribution is 0.954. The van der Waals surface area contributed by atoms with Gasteiger partial charge in [0.1, 0.15) is 0 Å². The van der Waals surface area contributed by atoms with Gasteiger partial charge in [0.05, 0.1) is 0 Å². The lowest BCUT2D eigenvalue weighted by Gasteiger charge is -2.02. The van der Waals surface area contributed by atoms with Gasteiger partial charge >= 0.3 is 0 Å². The summed E-state index contributed by atoms with van der Waals surface area (Å²) in [5, 5.41) is 1.20. The molecule has 1 N–H and O–H groups in total. The minimum atomic E-state index is 0.807. The van der Waals surface area contributed by atoms with Gasteiger partial charge in [-0.2, -0.15) is 0 Å². The number of rotatable bonds is 5. The van der Waals surface area contributed by atoms with Crippen LogP contribution in [0.1, 0.15) is 31.5 Å². The molecule has 0 spiro atoms. The second kappa shape index (κ2) is 5.70. The fourth-order valence-electron chi connectivity index (χ4n) is 1.99. The number of hydrogen-bond donors (Lipinski definition) is 1. The summed E-state index contributed by atoms with van der Waals surface area (Å²) in [6, 6.07) is 8.47. The zero-order valence-electron chi connectivity index (χ0n) is 11.7. The molecule has 0 aliphatic rings. The first-order valence-electron chi connectivity index (χ1n) is 6.51. The SMILES string of the molecule is C=Cc1cc2ccc(C(C)=NCCC(=C)C)cc2[nH]1. The first-order chi connectivity index (χ1) is 9.10. The number of aromatic nitrogens is 1. The molecule has 0 atom stereocenters. The van der Waals surface area contributed by atoms with Crippen molar-refractivity contribution in [3.05, 3.63) is 54.3 Å². The van der Waals surface area contributed by atoms with E-state index >= 15 is 0 Å². The summed E-state index contributed by atoms with van der Waals surface area (Å²) < 4.78 is 0. The second-order valence-corrected chi connectivity index (χ2v) is 4.91. The highest BCUT2D eigenvalue weighted by atomic mass is 14.7. The monoisotopic (exact) mass is 252 g/mol. The van der Waals surface area contributed by atoms with Gasteiger partial charge in [-0.1, -0.05) is 24.3 Å². The van der Waals surface area contributed by atoms with Gasteiger partial charge in [-0.15, -0.1) is 6.58 Å². The Kier molecular flexibility index (Phi) is 4.00. The molecule has 0 fully saturated rings. The predicted molar refractivity (Wildman–Crippen MR) is 84.9 cm³/mol. The Hall–Kier alpha value is -2.09. The molecular weight excluding hydrogens is 232 g/mol. The number of benzene rings is 1. The van der Waals surface area contributed by atoms with Crippen LogP contribution in [0.2, 0.25) is 0 Å². The molecular formula is C17H20N2. The van der Waals surface area contributed by atoms with Crippen LogP contribution in [-0.4, -0.2) is 17.2 Å². The summed E-state index contributed by atoms with van der Waals surface area (Å²) in [4.78, 5) is 7.92. The molecule has 2 aromatic rings. The molecule has 0 saturated heterocycles. The molecule has 1 aromatic heterocycles. The summed E-state index contributed by atoms with van der Waals surface area (Å²) >= 11 is 0. The molecule has 1 aromatic carbocycles. The van der Waals surface area contributed by atoms with Crippen molar-refractivity contribution in [1.82, 2.24) is 4.98 Å². The quantitative estimate of drug-likeness (QED) is 0.595. The molecule has 98 valence electrons. The fourth-order valence-corrected chi connectivity index (χ4v) is 1.99. The van der Waals surface area contributed by atoms with Gasteiger partial charge in [-0.25, -0.2) is 0 Å². The van der Waals surface area contributed by atoms with Crippen molar-refractivity contribution in [3.8, 4) is 0 Å². The maximum Gasteiger partial charge on any atom is 0.0465 e. The van der Waals surface area contributed by atoms with E-state index in [-0.39, 0.29) is 0 Å². The highest BCUT2D eigenvalue weighted by molar-refractivity contribution is 6.01. The normalized spacial score (nSPS) is 11.8. The van der Waals surface area contributed by atoms with Gasteiger partial charge in [0.15, 0.2) is 0 Å². The topological polar surface area (TPSA) is 28.1 Å². The number of hydrogen-bond acceptors (Lipinski definition) is 1. The number of nitrogens with one attached hydrogen (secondary N) is 1. The lowest BCUT2D eigenvalue weighted by atomic mass is 10.1. The van der Waals surface area contributed by atoms with Gasteiger partial charge < -0.3 is 4.98 Å². The second-order valence-electron chi connectivity index (χ2n) is 4.91. The highest BCUT2D eigenvalue weighted by Crippen LogP contribution is 2.18. The van der Waals surface area contributed by atoms with Crippen LogP contribution in [0.25, 0.3) is 17.0 Å². The van der Waals surface area contributed by atoms with Crippen LogP contribution in [0.15, 0.2) is 48.0 Å². The van der Waals surface area contributed by atoms with Crippen LogP contribution in [0.4, 0.5) is 0 Å². The van der Waals surface area contributed by atoms with Crippen molar-refractivity contribution in [2.45, 2.75) is 20.3 Å². The largest absolute Gasteiger partial charge is 0.355 e. The lowest BCUT2D eigenvalue weighted by Crippen LogP contribution is -1.96. The molecule has 0 aliphatic carbocycles. The summed E-state index contributed by atoms with van der Waals surface area (Å²) in [5.41, 5.74) is 5.57. The molecule has 2 nitrogen and oxygen atoms in total. The fraction of sp³-hybridized carbons (Fsp3) is 0.235. The molecule has 0 radical (unpaired) electrons. The van der Waals surface area contributed by atoms with Gasteiger partial charge in [-0.3, -0.25) is 4.99 Å². The van der Waals surface area contributed by atoms with Crippen LogP contribution in [0.5, 0.6) is 0 Å². The Morgan fingerprint density at radius 3 is 2.79 bits per heavy atom. The van der Waals surface area contributed by atoms with Crippen molar-refractivity contribution in [2.24, 2.45) is 4.99 Å². The predicted octanol–water partition coefficient (Wildman–Crippen LogP) is 4.59. The molecule has 2 heteroatoms. The van der Waals surface area contributed by atoms with Crippen molar-refractivity contribution >= 4 is 22.7 Å². The van der Waals surface area contributed by atoms with Crippen LogP contribution < -0.4 is 0 Å². The van der Waals surface area contributed by atoms with E-state index in [1.807, 2.05) is 13.0 Å². The number of aromatic amines is 1. The van der Waals surface area contributed by atoms with E-state index in [0.29, 0.717) is 0 Å². The van der Waals surface area contributed by atoms with Gasteiger partial charge in [-0.05, 0) is 44.0 Å². The van der Waals surface area contributed by atoms with E-state index in [2.05, 4.69) is 54.3 Å². The third-order valence-corrected chi connectivity index (χ3v) is 3.17. The van der Waals surface area contributed by atoms with Crippen LogP contribution in [0, 0.1) is 0 Å². The summed E-state index contributed by atoms with van der Waals surface area (Å²) in [6.45, 7) is 12.6. The van der Waals surface area contributed by atoms with Crippen molar-refractivity contribution < 1.29 is 0 Å². The zero-order valence-corrected chi connectivity index (χ0v) is 11.7. The van der Waals surface area contributed by atoms with Crippen molar-refractivity contribution in [2.75, 3.05) is 6.54 Å². The average molecular weight is 252 g/mol. The van der Waals surface area contributed by atoms with Crippen LogP contribution >= 0.6 is 0 Å². The Labute approximate surface area is 114 Å². The molecule has 0 saturated carbocycles. The van der Waals surface area contributed by atoms with E-state index in [4.69, 9.17) is 0 Å². The molecule has 0 amide bonds. The first-order valence-corrected chi connectivity index (χ1v) is 6.51. The molecule has 0 bridgehead atoms. The minimum Gasteiger partial charge on any atom is -0.355 e. The Morgan fingerprint density at radius 2 is 2.11 bits per heavy atom. The summed E-state index contributed by atoms with van der Waals surface area (Å²) in [5.74, 6) is 0. The van der Waals surface area contributed by atoms with Crippen molar-refractivity contribution in [3.63, 3.8) is 0 Å². The molecule has 19 heavy (non-hydrogen) atoms. The number of fused-ring (bicyclic) bond motifs is 1. The third-order valence-electron chi connectivity index (χ3n) is 3.17. The Balaban J connectivity index is 2.24. The van der Waals surface area contributed by atoms with E-state index < -0.39 is 0 Å².